The van der Waals surface area contributed by atoms with Crippen LogP contribution in [-0.4, -0.2) is 26.2 Å². The molecule has 1 heterocycles. The van der Waals surface area contributed by atoms with Gasteiger partial charge in [0, 0.05) is 53.1 Å². The largest absolute Gasteiger partial charge is 0.456 e. The molecular weight excluding hydrogens is 382 g/mol. The topological polar surface area (TPSA) is 45.4 Å². The summed E-state index contributed by atoms with van der Waals surface area (Å²) < 4.78 is 8.86. The molecule has 0 aromatic heterocycles. The minimum Gasteiger partial charge on any atom is -0.456 e. The highest BCUT2D eigenvalue weighted by Crippen LogP contribution is 2.40. The Morgan fingerprint density at radius 3 is 2.19 bits per heavy atom. The van der Waals surface area contributed by atoms with Crippen molar-refractivity contribution in [1.82, 2.24) is 4.58 Å². The Kier molecular flexibility index (Phi) is 5.99. The smallest absolute Gasteiger partial charge is 0.203 e. The van der Waals surface area contributed by atoms with Gasteiger partial charge in [0.15, 0.2) is 0 Å². The highest BCUT2D eigenvalue weighted by Gasteiger charge is 2.19. The molecule has 0 saturated carbocycles. The Bertz CT molecular complexity index is 1230. The highest BCUT2D eigenvalue weighted by molar-refractivity contribution is 6.02. The van der Waals surface area contributed by atoms with Crippen molar-refractivity contribution in [3.8, 4) is 22.5 Å². The molecule has 0 saturated heterocycles. The van der Waals surface area contributed by atoms with Crippen LogP contribution < -0.4 is 20.6 Å². The molecule has 2 aromatic rings. The van der Waals surface area contributed by atoms with Gasteiger partial charge in [-0.25, -0.2) is 4.58 Å². The quantitative estimate of drug-likeness (QED) is 0.259. The molecule has 4 nitrogen and oxygen atoms in total. The molecule has 0 radical (unpaired) electrons. The summed E-state index contributed by atoms with van der Waals surface area (Å²) in [5.41, 5.74) is 12.3. The second-order valence-corrected chi connectivity index (χ2v) is 7.80. The average Bonchev–Trinajstić information content (AvgIpc) is 2.79. The molecule has 4 rings (SSSR count). The zero-order valence-corrected chi connectivity index (χ0v) is 19.0. The molecule has 1 aliphatic heterocycles. The zero-order valence-electron chi connectivity index (χ0n) is 19.0. The fourth-order valence-electron chi connectivity index (χ4n) is 4.40. The first-order valence-corrected chi connectivity index (χ1v) is 11.3. The van der Waals surface area contributed by atoms with Gasteiger partial charge >= 0.3 is 0 Å². The van der Waals surface area contributed by atoms with Crippen molar-refractivity contribution in [2.24, 2.45) is 0 Å². The summed E-state index contributed by atoms with van der Waals surface area (Å²) in [6, 6.07) is 21.2. The fourth-order valence-corrected chi connectivity index (χ4v) is 4.40. The van der Waals surface area contributed by atoms with Crippen LogP contribution in [0, 0.1) is 0 Å². The van der Waals surface area contributed by atoms with Crippen LogP contribution in [0.4, 0.5) is 11.4 Å². The third-order valence-electron chi connectivity index (χ3n) is 6.15. The summed E-state index contributed by atoms with van der Waals surface area (Å²) in [5, 5.41) is 2.30. The third kappa shape index (κ3) is 3.90. The molecule has 160 valence electrons. The number of hydrogen-bond acceptors (Lipinski definition) is 3. The lowest BCUT2D eigenvalue weighted by Crippen LogP contribution is -2.29. The van der Waals surface area contributed by atoms with E-state index in [1.807, 2.05) is 12.1 Å². The summed E-state index contributed by atoms with van der Waals surface area (Å²) in [7, 11) is 0. The highest BCUT2D eigenvalue weighted by atomic mass is 16.3. The van der Waals surface area contributed by atoms with E-state index in [0.29, 0.717) is 0 Å². The van der Waals surface area contributed by atoms with E-state index in [2.05, 4.69) is 85.7 Å². The summed E-state index contributed by atoms with van der Waals surface area (Å²) >= 11 is 0. The molecule has 0 bridgehead atoms. The monoisotopic (exact) mass is 414 g/mol. The number of nitrogens with zero attached hydrogens (tertiary/aromatic N) is 2. The second-order valence-electron chi connectivity index (χ2n) is 7.80. The number of nitrogen functional groups attached to an aromatic ring is 1. The van der Waals surface area contributed by atoms with Gasteiger partial charge in [-0.2, -0.15) is 0 Å². The summed E-state index contributed by atoms with van der Waals surface area (Å²) in [6.45, 7) is 12.6. The van der Waals surface area contributed by atoms with Crippen LogP contribution >= 0.6 is 0 Å². The molecule has 2 N–H and O–H groups in total. The number of hydrogen-bond donors (Lipinski definition) is 1. The Morgan fingerprint density at radius 1 is 0.839 bits per heavy atom. The maximum absolute atomic E-state index is 6.51. The first-order chi connectivity index (χ1) is 15.1. The average molecular weight is 415 g/mol. The lowest BCUT2D eigenvalue weighted by Gasteiger charge is -2.22. The summed E-state index contributed by atoms with van der Waals surface area (Å²) in [4.78, 5) is 2.34. The molecule has 1 aliphatic carbocycles. The van der Waals surface area contributed by atoms with Crippen molar-refractivity contribution in [3.05, 3.63) is 66.0 Å². The molecule has 0 spiro atoms. The van der Waals surface area contributed by atoms with Crippen LogP contribution in [-0.2, 0) is 0 Å². The third-order valence-corrected chi connectivity index (χ3v) is 6.15. The van der Waals surface area contributed by atoms with Gasteiger partial charge in [0.2, 0.25) is 5.36 Å². The summed E-state index contributed by atoms with van der Waals surface area (Å²) in [6.07, 6.45) is 0. The summed E-state index contributed by atoms with van der Waals surface area (Å²) in [5.74, 6) is 0.903. The van der Waals surface area contributed by atoms with Crippen molar-refractivity contribution < 1.29 is 4.42 Å². The van der Waals surface area contributed by atoms with Crippen molar-refractivity contribution in [1.29, 1.82) is 0 Å². The zero-order chi connectivity index (χ0) is 22.0. The predicted octanol–water partition coefficient (Wildman–Crippen LogP) is 5.45. The SMILES string of the molecule is CCN(CC)c1ccc2c(-c3ccc(N)cc3)c3ccc(=[N+](CC)CC)cc-3oc2c1. The van der Waals surface area contributed by atoms with E-state index < -0.39 is 0 Å². The minimum absolute atomic E-state index is 0.769. The standard InChI is InChI=1S/C27H31N3O/c1-5-29(6-2)21-13-15-23-25(17-21)31-26-18-22(30(7-3)8-4)14-16-24(26)27(23)19-9-11-20(28)12-10-19/h9-18,28H,5-8H2,1-4H3/p+1. The molecule has 0 unspecified atom stereocenters. The van der Waals surface area contributed by atoms with Gasteiger partial charge in [0.25, 0.3) is 0 Å². The number of nitrogens with two attached hydrogens (primary N) is 1. The first kappa shape index (κ1) is 21.0. The van der Waals surface area contributed by atoms with E-state index in [1.54, 1.807) is 0 Å². The predicted molar refractivity (Wildman–Crippen MR) is 133 cm³/mol. The van der Waals surface area contributed by atoms with Crippen LogP contribution in [0.3, 0.4) is 0 Å². The Hall–Kier alpha value is -3.27. The van der Waals surface area contributed by atoms with Crippen LogP contribution in [0.25, 0.3) is 33.4 Å². The van der Waals surface area contributed by atoms with E-state index in [9.17, 15) is 0 Å². The molecule has 0 atom stereocenters. The molecule has 31 heavy (non-hydrogen) atoms. The van der Waals surface area contributed by atoms with E-state index in [0.717, 1.165) is 59.7 Å². The maximum Gasteiger partial charge on any atom is 0.203 e. The number of rotatable bonds is 6. The molecule has 0 fully saturated rings. The fraction of sp³-hybridized carbons (Fsp3) is 0.296. The van der Waals surface area contributed by atoms with Crippen LogP contribution in [0.15, 0.2) is 65.1 Å². The Labute approximate surface area is 184 Å². The Morgan fingerprint density at radius 2 is 1.55 bits per heavy atom. The lowest BCUT2D eigenvalue weighted by atomic mass is 9.93. The van der Waals surface area contributed by atoms with Gasteiger partial charge in [-0.3, -0.25) is 0 Å². The first-order valence-electron chi connectivity index (χ1n) is 11.3. The number of anilines is 2. The van der Waals surface area contributed by atoms with Crippen molar-refractivity contribution in [2.45, 2.75) is 27.7 Å². The number of fused-ring (bicyclic) bond motifs is 2. The van der Waals surface area contributed by atoms with E-state index in [4.69, 9.17) is 10.2 Å². The number of benzene rings is 3. The van der Waals surface area contributed by atoms with Crippen molar-refractivity contribution in [3.63, 3.8) is 0 Å². The molecular formula is C27H32N3O+. The van der Waals surface area contributed by atoms with Crippen molar-refractivity contribution in [2.75, 3.05) is 36.8 Å². The van der Waals surface area contributed by atoms with E-state index in [-0.39, 0.29) is 0 Å². The van der Waals surface area contributed by atoms with E-state index >= 15 is 0 Å². The van der Waals surface area contributed by atoms with Gasteiger partial charge in [-0.15, -0.1) is 0 Å². The maximum atomic E-state index is 6.51. The van der Waals surface area contributed by atoms with Gasteiger partial charge < -0.3 is 15.1 Å². The normalized spacial score (nSPS) is 11.2. The molecule has 2 aliphatic rings. The Balaban J connectivity index is 2.07. The molecule has 0 amide bonds. The lowest BCUT2D eigenvalue weighted by molar-refractivity contribution is 0.604. The van der Waals surface area contributed by atoms with Crippen molar-refractivity contribution >= 4 is 22.3 Å². The molecule has 2 aromatic carbocycles. The second kappa shape index (κ2) is 8.84. The minimum atomic E-state index is 0.769. The van der Waals surface area contributed by atoms with Crippen LogP contribution in [0.5, 0.6) is 0 Å². The van der Waals surface area contributed by atoms with Gasteiger partial charge in [0.1, 0.15) is 24.4 Å². The van der Waals surface area contributed by atoms with Crippen LogP contribution in [0.1, 0.15) is 27.7 Å². The van der Waals surface area contributed by atoms with Gasteiger partial charge in [-0.05, 0) is 63.6 Å². The van der Waals surface area contributed by atoms with E-state index in [1.165, 1.54) is 16.6 Å². The van der Waals surface area contributed by atoms with Gasteiger partial charge in [0.05, 0.1) is 6.07 Å². The van der Waals surface area contributed by atoms with Crippen LogP contribution in [0.2, 0.25) is 0 Å². The van der Waals surface area contributed by atoms with Gasteiger partial charge in [-0.1, -0.05) is 12.1 Å². The molecule has 4 heteroatoms.